The van der Waals surface area contributed by atoms with Crippen LogP contribution in [0.2, 0.25) is 5.15 Å². The maximum Gasteiger partial charge on any atom is 0.319 e. The summed E-state index contributed by atoms with van der Waals surface area (Å²) in [7, 11) is 1.99. The number of hydrogen-bond donors (Lipinski definition) is 0. The van der Waals surface area contributed by atoms with E-state index in [4.69, 9.17) is 16.3 Å². The number of hydrogen-bond acceptors (Lipinski definition) is 7. The molecule has 7 nitrogen and oxygen atoms in total. The Balaban J connectivity index is 1.52. The maximum absolute atomic E-state index is 14.9. The zero-order valence-corrected chi connectivity index (χ0v) is 18.4. The molecule has 5 heterocycles. The van der Waals surface area contributed by atoms with Crippen LogP contribution in [0.1, 0.15) is 38.5 Å². The molecule has 0 radical (unpaired) electrons. The molecule has 2 aromatic rings. The third-order valence-corrected chi connectivity index (χ3v) is 7.10. The fourth-order valence-electron chi connectivity index (χ4n) is 5.25. The van der Waals surface area contributed by atoms with E-state index in [9.17, 15) is 8.78 Å². The van der Waals surface area contributed by atoms with Crippen molar-refractivity contribution >= 4 is 28.3 Å². The molecular weight excluding hydrogens is 426 g/mol. The third kappa shape index (κ3) is 3.81. The van der Waals surface area contributed by atoms with Crippen molar-refractivity contribution < 1.29 is 13.5 Å². The number of nitrogens with zero attached hydrogens (tertiary/aromatic N) is 6. The van der Waals surface area contributed by atoms with Gasteiger partial charge in [0.2, 0.25) is 0 Å². The fourth-order valence-corrected chi connectivity index (χ4v) is 5.38. The largest absolute Gasteiger partial charge is 0.461 e. The van der Waals surface area contributed by atoms with Crippen LogP contribution in [0.5, 0.6) is 6.01 Å². The molecule has 0 aromatic carbocycles. The minimum Gasteiger partial charge on any atom is -0.461 e. The van der Waals surface area contributed by atoms with E-state index in [1.54, 1.807) is 0 Å². The molecule has 5 rings (SSSR count). The Morgan fingerprint density at radius 3 is 2.90 bits per heavy atom. The van der Waals surface area contributed by atoms with E-state index < -0.39 is 12.0 Å². The Morgan fingerprint density at radius 1 is 1.19 bits per heavy atom. The van der Waals surface area contributed by atoms with Crippen LogP contribution in [0.25, 0.3) is 10.9 Å². The zero-order chi connectivity index (χ0) is 21.6. The molecule has 31 heavy (non-hydrogen) atoms. The lowest BCUT2D eigenvalue weighted by Crippen LogP contribution is -2.43. The van der Waals surface area contributed by atoms with Crippen molar-refractivity contribution in [3.63, 3.8) is 0 Å². The van der Waals surface area contributed by atoms with Crippen LogP contribution in [-0.4, -0.2) is 76.4 Å². The van der Waals surface area contributed by atoms with Gasteiger partial charge in [0.25, 0.3) is 0 Å². The summed E-state index contributed by atoms with van der Waals surface area (Å²) in [6.07, 6.45) is 6.24. The van der Waals surface area contributed by atoms with Gasteiger partial charge in [0.05, 0.1) is 10.9 Å². The second-order valence-corrected chi connectivity index (χ2v) is 9.24. The molecule has 0 bridgehead atoms. The summed E-state index contributed by atoms with van der Waals surface area (Å²) >= 11 is 5.94. The predicted molar refractivity (Wildman–Crippen MR) is 115 cm³/mol. The molecule has 0 saturated carbocycles. The van der Waals surface area contributed by atoms with Crippen molar-refractivity contribution in [3.8, 4) is 6.01 Å². The number of halogens is 3. The van der Waals surface area contributed by atoms with E-state index in [2.05, 4.69) is 24.9 Å². The molecule has 0 unspecified atom stereocenters. The highest BCUT2D eigenvalue weighted by molar-refractivity contribution is 6.30. The maximum atomic E-state index is 14.9. The number of ether oxygens (including phenoxy) is 1. The minimum atomic E-state index is -0.843. The highest BCUT2D eigenvalue weighted by Crippen LogP contribution is 2.40. The van der Waals surface area contributed by atoms with Crippen LogP contribution in [0.4, 0.5) is 14.6 Å². The predicted octanol–water partition coefficient (Wildman–Crippen LogP) is 3.61. The lowest BCUT2D eigenvalue weighted by atomic mass is 9.95. The molecule has 3 aliphatic heterocycles. The summed E-state index contributed by atoms with van der Waals surface area (Å²) in [6.45, 7) is 3.24. The normalized spacial score (nSPS) is 27.6. The summed E-state index contributed by atoms with van der Waals surface area (Å²) in [5.41, 5.74) is -0.237. The molecule has 3 fully saturated rings. The second-order valence-electron chi connectivity index (χ2n) is 8.88. The molecule has 2 atom stereocenters. The lowest BCUT2D eigenvalue weighted by Gasteiger charge is -2.32. The van der Waals surface area contributed by atoms with E-state index in [0.29, 0.717) is 24.2 Å². The van der Waals surface area contributed by atoms with Gasteiger partial charge in [-0.15, -0.1) is 0 Å². The van der Waals surface area contributed by atoms with Gasteiger partial charge >= 0.3 is 6.01 Å². The zero-order valence-electron chi connectivity index (χ0n) is 17.7. The molecule has 0 amide bonds. The monoisotopic (exact) mass is 452 g/mol. The number of anilines is 1. The Bertz CT molecular complexity index is 981. The Morgan fingerprint density at radius 2 is 2.03 bits per heavy atom. The number of aromatic nitrogens is 3. The first-order valence-electron chi connectivity index (χ1n) is 11.0. The topological polar surface area (TPSA) is 57.6 Å². The van der Waals surface area contributed by atoms with E-state index in [1.807, 2.05) is 12.1 Å². The average Bonchev–Trinajstić information content (AvgIpc) is 3.18. The van der Waals surface area contributed by atoms with Crippen molar-refractivity contribution in [2.45, 2.75) is 50.2 Å². The summed E-state index contributed by atoms with van der Waals surface area (Å²) < 4.78 is 35.0. The first-order valence-corrected chi connectivity index (χ1v) is 11.4. The van der Waals surface area contributed by atoms with Crippen LogP contribution in [0.3, 0.4) is 0 Å². The number of rotatable bonds is 4. The highest BCUT2D eigenvalue weighted by Gasteiger charge is 2.49. The van der Waals surface area contributed by atoms with Crippen LogP contribution < -0.4 is 9.75 Å². The first-order chi connectivity index (χ1) is 15.0. The number of alkyl halides is 1. The van der Waals surface area contributed by atoms with E-state index >= 15 is 0 Å². The quantitative estimate of drug-likeness (QED) is 0.657. The first kappa shape index (κ1) is 21.0. The van der Waals surface area contributed by atoms with Crippen molar-refractivity contribution in [1.29, 1.82) is 0 Å². The average molecular weight is 453 g/mol. The van der Waals surface area contributed by atoms with Crippen molar-refractivity contribution in [2.75, 3.05) is 44.8 Å². The van der Waals surface area contributed by atoms with Crippen molar-refractivity contribution in [3.05, 3.63) is 17.2 Å². The summed E-state index contributed by atoms with van der Waals surface area (Å²) in [4.78, 5) is 15.2. The molecule has 3 aliphatic rings. The Kier molecular flexibility index (Phi) is 5.60. The molecular formula is C21H27ClF2N6O. The van der Waals surface area contributed by atoms with Crippen molar-refractivity contribution in [2.24, 2.45) is 0 Å². The Labute approximate surface area is 185 Å². The SMILES string of the molecule is CN1CCCCCN1c1nc(OC[C@@]23CCCN2C[C@H](F)C3)nc2c(F)c(Cl)ncc12. The molecule has 3 saturated heterocycles. The molecule has 0 aliphatic carbocycles. The van der Waals surface area contributed by atoms with Crippen LogP contribution >= 0.6 is 11.6 Å². The number of hydrazine groups is 1. The summed E-state index contributed by atoms with van der Waals surface area (Å²) in [5, 5.41) is 4.39. The van der Waals surface area contributed by atoms with Crippen LogP contribution in [0, 0.1) is 5.82 Å². The third-order valence-electron chi connectivity index (χ3n) is 6.84. The van der Waals surface area contributed by atoms with Gasteiger partial charge in [-0.1, -0.05) is 18.0 Å². The van der Waals surface area contributed by atoms with Gasteiger partial charge in [-0.3, -0.25) is 9.91 Å². The molecule has 0 spiro atoms. The van der Waals surface area contributed by atoms with Gasteiger partial charge in [-0.05, 0) is 32.2 Å². The van der Waals surface area contributed by atoms with Crippen LogP contribution in [-0.2, 0) is 0 Å². The number of pyridine rings is 1. The van der Waals surface area contributed by atoms with E-state index in [-0.39, 0.29) is 28.8 Å². The Hall–Kier alpha value is -1.84. The van der Waals surface area contributed by atoms with Crippen LogP contribution in [0.15, 0.2) is 6.20 Å². The molecule has 10 heteroatoms. The van der Waals surface area contributed by atoms with Gasteiger partial charge in [0, 0.05) is 39.3 Å². The van der Waals surface area contributed by atoms with Gasteiger partial charge in [-0.25, -0.2) is 18.8 Å². The standard InChI is InChI=1S/C21H27ClF2N6O/c1-28-7-3-2-4-9-30(28)19-15-11-25-18(22)16(24)17(15)26-20(27-19)31-13-21-6-5-8-29(21)12-14(23)10-21/h11,14H,2-10,12-13H2,1H3/t14-,21+/m1/s1. The molecule has 2 aromatic heterocycles. The lowest BCUT2D eigenvalue weighted by molar-refractivity contribution is 0.107. The van der Waals surface area contributed by atoms with Gasteiger partial charge in [0.15, 0.2) is 16.8 Å². The van der Waals surface area contributed by atoms with Gasteiger partial charge < -0.3 is 4.74 Å². The van der Waals surface area contributed by atoms with Gasteiger partial charge in [-0.2, -0.15) is 9.97 Å². The van der Waals surface area contributed by atoms with Crippen molar-refractivity contribution in [1.82, 2.24) is 24.9 Å². The van der Waals surface area contributed by atoms with E-state index in [0.717, 1.165) is 51.7 Å². The fraction of sp³-hybridized carbons (Fsp3) is 0.667. The second kappa shape index (κ2) is 8.26. The van der Waals surface area contributed by atoms with Gasteiger partial charge in [0.1, 0.15) is 18.3 Å². The van der Waals surface area contributed by atoms with E-state index in [1.165, 1.54) is 6.20 Å². The smallest absolute Gasteiger partial charge is 0.319 e. The minimum absolute atomic E-state index is 0.0878. The number of fused-ring (bicyclic) bond motifs is 2. The summed E-state index contributed by atoms with van der Waals surface area (Å²) in [6, 6.07) is 0.0878. The highest BCUT2D eigenvalue weighted by atomic mass is 35.5. The molecule has 0 N–H and O–H groups in total. The summed E-state index contributed by atoms with van der Waals surface area (Å²) in [5.74, 6) is -0.126. The molecule has 168 valence electrons.